The number of fused-ring (bicyclic) bond motifs is 1. The van der Waals surface area contributed by atoms with Crippen molar-refractivity contribution in [1.82, 2.24) is 15.0 Å². The lowest BCUT2D eigenvalue weighted by molar-refractivity contribution is 0.628. The van der Waals surface area contributed by atoms with E-state index in [9.17, 15) is 4.39 Å². The maximum absolute atomic E-state index is 13.1. The molecule has 7 heteroatoms. The molecule has 0 amide bonds. The molecule has 3 aromatic heterocycles. The van der Waals surface area contributed by atoms with Gasteiger partial charge in [-0.1, -0.05) is 17.4 Å². The Labute approximate surface area is 154 Å². The standard InChI is InChI=1S/C19H16FN5S/c1-12-4-3-5-16(21-12)23-19-22-15-10-11-17(24-18(15)26-19)25(2)14-8-6-13(20)7-9-14/h3-11H,1-2H3,(H,21,22,23). The molecule has 0 bridgehead atoms. The van der Waals surface area contributed by atoms with E-state index in [2.05, 4.69) is 20.3 Å². The van der Waals surface area contributed by atoms with E-state index in [1.54, 1.807) is 12.1 Å². The number of rotatable bonds is 4. The maximum atomic E-state index is 13.1. The number of nitrogens with zero attached hydrogens (tertiary/aromatic N) is 4. The van der Waals surface area contributed by atoms with E-state index in [0.29, 0.717) is 0 Å². The highest BCUT2D eigenvalue weighted by atomic mass is 32.1. The number of thiazole rings is 1. The number of halogens is 1. The second-order valence-corrected chi connectivity index (χ2v) is 6.81. The van der Waals surface area contributed by atoms with Crippen molar-refractivity contribution in [1.29, 1.82) is 0 Å². The molecule has 5 nitrogen and oxygen atoms in total. The van der Waals surface area contributed by atoms with Crippen molar-refractivity contribution in [3.8, 4) is 0 Å². The molecule has 0 spiro atoms. The Balaban J connectivity index is 1.62. The van der Waals surface area contributed by atoms with Gasteiger partial charge in [0.05, 0.1) is 0 Å². The summed E-state index contributed by atoms with van der Waals surface area (Å²) in [6.45, 7) is 1.95. The zero-order valence-electron chi connectivity index (χ0n) is 14.3. The smallest absolute Gasteiger partial charge is 0.190 e. The van der Waals surface area contributed by atoms with Gasteiger partial charge in [-0.25, -0.2) is 19.3 Å². The SMILES string of the molecule is Cc1cccc(Nc2nc3ccc(N(C)c4ccc(F)cc4)nc3s2)n1. The number of anilines is 4. The van der Waals surface area contributed by atoms with Gasteiger partial charge >= 0.3 is 0 Å². The van der Waals surface area contributed by atoms with E-state index in [-0.39, 0.29) is 5.82 Å². The molecule has 0 saturated carbocycles. The van der Waals surface area contributed by atoms with Crippen molar-refractivity contribution in [3.05, 3.63) is 66.1 Å². The van der Waals surface area contributed by atoms with Crippen LogP contribution in [-0.2, 0) is 0 Å². The number of benzene rings is 1. The van der Waals surface area contributed by atoms with Crippen LogP contribution in [0.4, 0.5) is 26.8 Å². The summed E-state index contributed by atoms with van der Waals surface area (Å²) >= 11 is 1.47. The Morgan fingerprint density at radius 2 is 1.77 bits per heavy atom. The number of hydrogen-bond donors (Lipinski definition) is 1. The number of nitrogens with one attached hydrogen (secondary N) is 1. The molecule has 0 aliphatic carbocycles. The lowest BCUT2D eigenvalue weighted by atomic mass is 10.3. The van der Waals surface area contributed by atoms with Gasteiger partial charge in [-0.05, 0) is 55.5 Å². The van der Waals surface area contributed by atoms with Gasteiger partial charge < -0.3 is 10.2 Å². The highest BCUT2D eigenvalue weighted by molar-refractivity contribution is 7.21. The number of pyridine rings is 2. The summed E-state index contributed by atoms with van der Waals surface area (Å²) in [5.74, 6) is 1.27. The van der Waals surface area contributed by atoms with Crippen LogP contribution in [-0.4, -0.2) is 22.0 Å². The van der Waals surface area contributed by atoms with Crippen LogP contribution in [0.25, 0.3) is 10.3 Å². The first-order valence-electron chi connectivity index (χ1n) is 8.06. The van der Waals surface area contributed by atoms with Crippen molar-refractivity contribution < 1.29 is 4.39 Å². The third-order valence-electron chi connectivity index (χ3n) is 3.92. The van der Waals surface area contributed by atoms with Gasteiger partial charge in [0.15, 0.2) is 5.13 Å². The molecular formula is C19H16FN5S. The highest BCUT2D eigenvalue weighted by Gasteiger charge is 2.10. The minimum absolute atomic E-state index is 0.256. The van der Waals surface area contributed by atoms with E-state index in [4.69, 9.17) is 0 Å². The Bertz CT molecular complexity index is 1060. The molecule has 0 unspecified atom stereocenters. The van der Waals surface area contributed by atoms with Crippen LogP contribution in [0.3, 0.4) is 0 Å². The van der Waals surface area contributed by atoms with Crippen LogP contribution in [0.15, 0.2) is 54.6 Å². The van der Waals surface area contributed by atoms with E-state index in [0.717, 1.165) is 38.5 Å². The molecule has 0 saturated heterocycles. The van der Waals surface area contributed by atoms with E-state index >= 15 is 0 Å². The van der Waals surface area contributed by atoms with Crippen LogP contribution in [0, 0.1) is 12.7 Å². The summed E-state index contributed by atoms with van der Waals surface area (Å²) in [5.41, 5.74) is 2.63. The van der Waals surface area contributed by atoms with Crippen LogP contribution in [0.5, 0.6) is 0 Å². The van der Waals surface area contributed by atoms with E-state index in [1.807, 2.05) is 49.2 Å². The van der Waals surface area contributed by atoms with Gasteiger partial charge in [-0.3, -0.25) is 0 Å². The third kappa shape index (κ3) is 3.34. The van der Waals surface area contributed by atoms with Gasteiger partial charge in [0.25, 0.3) is 0 Å². The zero-order valence-corrected chi connectivity index (χ0v) is 15.1. The Kier molecular flexibility index (Phi) is 4.22. The van der Waals surface area contributed by atoms with Crippen LogP contribution < -0.4 is 10.2 Å². The van der Waals surface area contributed by atoms with Gasteiger partial charge in [0.2, 0.25) is 0 Å². The Hall–Kier alpha value is -3.06. The lowest BCUT2D eigenvalue weighted by Gasteiger charge is -2.17. The summed E-state index contributed by atoms with van der Waals surface area (Å²) in [5, 5.41) is 3.96. The van der Waals surface area contributed by atoms with E-state index < -0.39 is 0 Å². The number of hydrogen-bond acceptors (Lipinski definition) is 6. The molecule has 3 heterocycles. The first-order chi connectivity index (χ1) is 12.6. The molecule has 0 aliphatic heterocycles. The summed E-state index contributed by atoms with van der Waals surface area (Å²) in [7, 11) is 1.90. The lowest BCUT2D eigenvalue weighted by Crippen LogP contribution is -2.10. The number of aromatic nitrogens is 3. The molecule has 0 atom stereocenters. The van der Waals surface area contributed by atoms with Crippen LogP contribution >= 0.6 is 11.3 Å². The predicted octanol–water partition coefficient (Wildman–Crippen LogP) is 5.05. The normalized spacial score (nSPS) is 10.9. The van der Waals surface area contributed by atoms with Gasteiger partial charge in [-0.15, -0.1) is 0 Å². The fraction of sp³-hybridized carbons (Fsp3) is 0.105. The second-order valence-electron chi connectivity index (χ2n) is 5.84. The van der Waals surface area contributed by atoms with Gasteiger partial charge in [0, 0.05) is 18.4 Å². The first-order valence-corrected chi connectivity index (χ1v) is 8.88. The second kappa shape index (κ2) is 6.68. The molecule has 4 aromatic rings. The Morgan fingerprint density at radius 3 is 2.54 bits per heavy atom. The highest BCUT2D eigenvalue weighted by Crippen LogP contribution is 2.30. The fourth-order valence-electron chi connectivity index (χ4n) is 2.57. The predicted molar refractivity (Wildman–Crippen MR) is 104 cm³/mol. The molecule has 4 rings (SSSR count). The molecule has 0 aliphatic rings. The van der Waals surface area contributed by atoms with Crippen molar-refractivity contribution in [2.45, 2.75) is 6.92 Å². The van der Waals surface area contributed by atoms with Crippen molar-refractivity contribution in [3.63, 3.8) is 0 Å². The van der Waals surface area contributed by atoms with Crippen molar-refractivity contribution in [2.24, 2.45) is 0 Å². The molecule has 130 valence electrons. The molecule has 0 fully saturated rings. The fourth-order valence-corrected chi connectivity index (χ4v) is 3.41. The topological polar surface area (TPSA) is 53.9 Å². The molecule has 1 N–H and O–H groups in total. The summed E-state index contributed by atoms with van der Waals surface area (Å²) in [4.78, 5) is 16.4. The Morgan fingerprint density at radius 1 is 0.962 bits per heavy atom. The minimum Gasteiger partial charge on any atom is -0.329 e. The minimum atomic E-state index is -0.256. The summed E-state index contributed by atoms with van der Waals surface area (Å²) < 4.78 is 13.1. The largest absolute Gasteiger partial charge is 0.329 e. The summed E-state index contributed by atoms with van der Waals surface area (Å²) in [6.07, 6.45) is 0. The average molecular weight is 365 g/mol. The summed E-state index contributed by atoms with van der Waals surface area (Å²) in [6, 6.07) is 16.0. The average Bonchev–Trinajstić information content (AvgIpc) is 3.03. The number of aryl methyl sites for hydroxylation is 1. The van der Waals surface area contributed by atoms with Crippen LogP contribution in [0.2, 0.25) is 0 Å². The molecule has 1 aromatic carbocycles. The monoisotopic (exact) mass is 365 g/mol. The van der Waals surface area contributed by atoms with Gasteiger partial charge in [-0.2, -0.15) is 0 Å². The molecule has 26 heavy (non-hydrogen) atoms. The molecular weight excluding hydrogens is 349 g/mol. The molecule has 0 radical (unpaired) electrons. The van der Waals surface area contributed by atoms with Crippen molar-refractivity contribution >= 4 is 44.1 Å². The van der Waals surface area contributed by atoms with Crippen molar-refractivity contribution in [2.75, 3.05) is 17.3 Å². The first kappa shape index (κ1) is 16.4. The van der Waals surface area contributed by atoms with E-state index in [1.165, 1.54) is 23.5 Å². The van der Waals surface area contributed by atoms with Crippen LogP contribution in [0.1, 0.15) is 5.69 Å². The maximum Gasteiger partial charge on any atom is 0.190 e. The quantitative estimate of drug-likeness (QED) is 0.549. The third-order valence-corrected chi connectivity index (χ3v) is 4.80. The zero-order chi connectivity index (χ0) is 18.1. The van der Waals surface area contributed by atoms with Gasteiger partial charge in [0.1, 0.15) is 27.8 Å².